The predicted molar refractivity (Wildman–Crippen MR) is 118 cm³/mol. The van der Waals surface area contributed by atoms with Gasteiger partial charge in [0.2, 0.25) is 5.13 Å². The summed E-state index contributed by atoms with van der Waals surface area (Å²) in [6, 6.07) is 13.0. The number of nitrogens with zero attached hydrogens (tertiary/aromatic N) is 4. The van der Waals surface area contributed by atoms with Crippen molar-refractivity contribution in [2.45, 2.75) is 29.5 Å². The number of nitrogens with one attached hydrogen (secondary N) is 1. The molecule has 0 spiro atoms. The first-order valence-corrected chi connectivity index (χ1v) is 11.5. The van der Waals surface area contributed by atoms with Crippen LogP contribution in [0.1, 0.15) is 18.2 Å². The minimum Gasteiger partial charge on any atom is -0.298 e. The van der Waals surface area contributed by atoms with Gasteiger partial charge in [0.05, 0.1) is 5.69 Å². The molecule has 7 nitrogen and oxygen atoms in total. The predicted octanol–water partition coefficient (Wildman–Crippen LogP) is 4.05. The number of rotatable bonds is 7. The van der Waals surface area contributed by atoms with Gasteiger partial charge in [0, 0.05) is 17.1 Å². The van der Waals surface area contributed by atoms with E-state index in [2.05, 4.69) is 26.7 Å². The van der Waals surface area contributed by atoms with Crippen molar-refractivity contribution >= 4 is 62.7 Å². The highest BCUT2D eigenvalue weighted by Gasteiger charge is 2.34. The Balaban J connectivity index is 1.42. The van der Waals surface area contributed by atoms with Crippen molar-refractivity contribution in [3.05, 3.63) is 52.7 Å². The van der Waals surface area contributed by atoms with Gasteiger partial charge in [0.25, 0.3) is 5.91 Å². The number of hydrogen-bond acceptors (Lipinski definition) is 9. The number of Topliss-reactive ketones (excluding diaryl/α,β-unsaturated/α-hetero) is 1. The van der Waals surface area contributed by atoms with E-state index < -0.39 is 6.04 Å². The quantitative estimate of drug-likeness (QED) is 0.438. The van der Waals surface area contributed by atoms with Gasteiger partial charge in [-0.25, -0.2) is 0 Å². The molecular weight excluding hydrogens is 426 g/mol. The van der Waals surface area contributed by atoms with Crippen LogP contribution in [-0.2, 0) is 15.3 Å². The van der Waals surface area contributed by atoms with E-state index in [0.29, 0.717) is 10.8 Å². The van der Waals surface area contributed by atoms with Crippen LogP contribution in [0.4, 0.5) is 10.8 Å². The van der Waals surface area contributed by atoms with Crippen LogP contribution in [0.25, 0.3) is 0 Å². The molecule has 0 saturated carbocycles. The summed E-state index contributed by atoms with van der Waals surface area (Å²) >= 11 is 4.60. The van der Waals surface area contributed by atoms with Crippen molar-refractivity contribution in [2.24, 2.45) is 5.10 Å². The lowest BCUT2D eigenvalue weighted by Crippen LogP contribution is -2.33. The Labute approximate surface area is 179 Å². The number of para-hydroxylation sites is 1. The molecule has 10 heteroatoms. The maximum absolute atomic E-state index is 12.7. The lowest BCUT2D eigenvalue weighted by atomic mass is 10.1. The van der Waals surface area contributed by atoms with Gasteiger partial charge < -0.3 is 0 Å². The molecule has 1 aliphatic rings. The summed E-state index contributed by atoms with van der Waals surface area (Å²) in [7, 11) is 0. The fourth-order valence-electron chi connectivity index (χ4n) is 2.80. The van der Waals surface area contributed by atoms with Crippen molar-refractivity contribution in [2.75, 3.05) is 10.3 Å². The Morgan fingerprint density at radius 2 is 2.03 bits per heavy atom. The van der Waals surface area contributed by atoms with Gasteiger partial charge in [-0.1, -0.05) is 47.4 Å². The average molecular weight is 444 g/mol. The summed E-state index contributed by atoms with van der Waals surface area (Å²) in [5.74, 6) is 0.420. The molecule has 1 unspecified atom stereocenters. The van der Waals surface area contributed by atoms with Crippen molar-refractivity contribution in [3.63, 3.8) is 0 Å². The molecule has 148 valence electrons. The third-order valence-corrected chi connectivity index (χ3v) is 7.29. The molecule has 1 aliphatic heterocycles. The Kier molecular flexibility index (Phi) is 6.02. The van der Waals surface area contributed by atoms with E-state index in [1.165, 1.54) is 23.1 Å². The summed E-state index contributed by atoms with van der Waals surface area (Å²) in [6.07, 6.45) is 0.259. The Morgan fingerprint density at radius 1 is 1.21 bits per heavy atom. The number of amides is 1. The zero-order chi connectivity index (χ0) is 20.2. The smallest absolute Gasteiger partial charge is 0.273 e. The number of benzene rings is 1. The summed E-state index contributed by atoms with van der Waals surface area (Å²) in [4.78, 5) is 26.0. The number of carbonyl (C=O) groups is 2. The number of thioether (sulfide) groups is 1. The van der Waals surface area contributed by atoms with Gasteiger partial charge in [0.15, 0.2) is 10.1 Å². The van der Waals surface area contributed by atoms with Crippen molar-refractivity contribution in [1.29, 1.82) is 0 Å². The molecular formula is C19H17N5O2S3. The third kappa shape index (κ3) is 4.72. The first-order valence-electron chi connectivity index (χ1n) is 8.82. The lowest BCUT2D eigenvalue weighted by Gasteiger charge is -2.20. The molecule has 0 saturated heterocycles. The second-order valence-electron chi connectivity index (χ2n) is 6.25. The normalized spacial score (nSPS) is 16.0. The summed E-state index contributed by atoms with van der Waals surface area (Å²) in [6.45, 7) is 1.51. The minimum absolute atomic E-state index is 0.0384. The van der Waals surface area contributed by atoms with E-state index in [1.807, 2.05) is 41.8 Å². The lowest BCUT2D eigenvalue weighted by molar-refractivity contribution is -0.118. The van der Waals surface area contributed by atoms with Crippen LogP contribution >= 0.6 is 34.4 Å². The van der Waals surface area contributed by atoms with E-state index in [4.69, 9.17) is 0 Å². The van der Waals surface area contributed by atoms with E-state index in [9.17, 15) is 9.59 Å². The SMILES string of the molecule is CC(=O)C1CC(C(=O)Nc2nnc(SCc3cccs3)s2)=NN1c1ccccc1. The highest BCUT2D eigenvalue weighted by Crippen LogP contribution is 2.30. The number of hydrogen-bond donors (Lipinski definition) is 1. The molecule has 3 heterocycles. The van der Waals surface area contributed by atoms with Gasteiger partial charge >= 0.3 is 0 Å². The van der Waals surface area contributed by atoms with E-state index >= 15 is 0 Å². The first-order chi connectivity index (χ1) is 14.1. The van der Waals surface area contributed by atoms with E-state index in [-0.39, 0.29) is 18.1 Å². The van der Waals surface area contributed by atoms with Crippen LogP contribution in [0.15, 0.2) is 57.3 Å². The van der Waals surface area contributed by atoms with Gasteiger partial charge in [-0.3, -0.25) is 19.9 Å². The second kappa shape index (κ2) is 8.85. The zero-order valence-corrected chi connectivity index (χ0v) is 17.9. The van der Waals surface area contributed by atoms with Crippen LogP contribution < -0.4 is 10.3 Å². The first kappa shape index (κ1) is 19.7. The number of aromatic nitrogens is 2. The van der Waals surface area contributed by atoms with Gasteiger partial charge in [-0.15, -0.1) is 21.5 Å². The van der Waals surface area contributed by atoms with Gasteiger partial charge in [0.1, 0.15) is 11.8 Å². The van der Waals surface area contributed by atoms with Crippen molar-refractivity contribution in [1.82, 2.24) is 10.2 Å². The highest BCUT2D eigenvalue weighted by molar-refractivity contribution is 8.00. The molecule has 0 radical (unpaired) electrons. The maximum Gasteiger partial charge on any atom is 0.273 e. The molecule has 1 atom stereocenters. The number of hydrazone groups is 1. The topological polar surface area (TPSA) is 87.5 Å². The van der Waals surface area contributed by atoms with Crippen LogP contribution in [0, 0.1) is 0 Å². The maximum atomic E-state index is 12.7. The fourth-order valence-corrected chi connectivity index (χ4v) is 5.32. The standard InChI is InChI=1S/C19H17N5O2S3/c1-12(25)16-10-15(23-24(16)13-6-3-2-4-7-13)17(26)20-18-21-22-19(29-18)28-11-14-8-5-9-27-14/h2-9,16H,10-11H2,1H3,(H,20,21,26). The monoisotopic (exact) mass is 443 g/mol. The number of thiophene rings is 1. The summed E-state index contributed by atoms with van der Waals surface area (Å²) in [5.41, 5.74) is 1.08. The van der Waals surface area contributed by atoms with Crippen LogP contribution in [0.2, 0.25) is 0 Å². The van der Waals surface area contributed by atoms with Crippen LogP contribution in [0.3, 0.4) is 0 Å². The third-order valence-electron chi connectivity index (χ3n) is 4.21. The Hall–Kier alpha value is -2.56. The molecule has 29 heavy (non-hydrogen) atoms. The number of carbonyl (C=O) groups excluding carboxylic acids is 2. The van der Waals surface area contributed by atoms with E-state index in [0.717, 1.165) is 15.8 Å². The number of anilines is 2. The van der Waals surface area contributed by atoms with Gasteiger partial charge in [-0.2, -0.15) is 5.10 Å². The van der Waals surface area contributed by atoms with E-state index in [1.54, 1.807) is 28.1 Å². The fraction of sp³-hybridized carbons (Fsp3) is 0.211. The molecule has 0 aliphatic carbocycles. The summed E-state index contributed by atoms with van der Waals surface area (Å²) in [5, 5.41) is 19.4. The van der Waals surface area contributed by atoms with Gasteiger partial charge in [-0.05, 0) is 30.5 Å². The molecule has 0 fully saturated rings. The van der Waals surface area contributed by atoms with Crippen molar-refractivity contribution < 1.29 is 9.59 Å². The average Bonchev–Trinajstić information content (AvgIpc) is 3.47. The molecule has 2 aromatic heterocycles. The van der Waals surface area contributed by atoms with Crippen LogP contribution in [0.5, 0.6) is 0 Å². The molecule has 4 rings (SSSR count). The molecule has 1 N–H and O–H groups in total. The molecule has 3 aromatic rings. The second-order valence-corrected chi connectivity index (χ2v) is 9.48. The zero-order valence-electron chi connectivity index (χ0n) is 15.4. The summed E-state index contributed by atoms with van der Waals surface area (Å²) < 4.78 is 0.787. The molecule has 1 aromatic carbocycles. The largest absolute Gasteiger partial charge is 0.298 e. The molecule has 0 bridgehead atoms. The Bertz CT molecular complexity index is 1030. The van der Waals surface area contributed by atoms with Crippen molar-refractivity contribution in [3.8, 4) is 0 Å². The molecule has 1 amide bonds. The Morgan fingerprint density at radius 3 is 2.76 bits per heavy atom. The highest BCUT2D eigenvalue weighted by atomic mass is 32.2. The van der Waals surface area contributed by atoms with Crippen LogP contribution in [-0.4, -0.2) is 33.6 Å². The minimum atomic E-state index is -0.482. The number of ketones is 1.